The number of nitrogens with zero attached hydrogens (tertiary/aromatic N) is 1. The molecular weight excluding hydrogens is 250 g/mol. The van der Waals surface area contributed by atoms with Gasteiger partial charge in [-0.1, -0.05) is 29.8 Å². The summed E-state index contributed by atoms with van der Waals surface area (Å²) < 4.78 is 0. The summed E-state index contributed by atoms with van der Waals surface area (Å²) in [5.41, 5.74) is 8.25. The number of aryl methyl sites for hydroxylation is 1. The first-order chi connectivity index (χ1) is 9.54. The monoisotopic (exact) mass is 275 g/mol. The Morgan fingerprint density at radius 2 is 1.95 bits per heavy atom. The van der Waals surface area contributed by atoms with Crippen molar-refractivity contribution in [1.82, 2.24) is 10.2 Å². The molecule has 2 rings (SSSR count). The van der Waals surface area contributed by atoms with Gasteiger partial charge in [-0.15, -0.1) is 0 Å². The Morgan fingerprint density at radius 1 is 1.35 bits per heavy atom. The predicted molar refractivity (Wildman–Crippen MR) is 81.4 cm³/mol. The van der Waals surface area contributed by atoms with Crippen molar-refractivity contribution in [1.29, 1.82) is 0 Å². The molecule has 1 saturated heterocycles. The van der Waals surface area contributed by atoms with Crippen molar-refractivity contribution in [3.63, 3.8) is 0 Å². The average molecular weight is 275 g/mol. The molecule has 20 heavy (non-hydrogen) atoms. The second-order valence-corrected chi connectivity index (χ2v) is 5.81. The van der Waals surface area contributed by atoms with E-state index >= 15 is 0 Å². The van der Waals surface area contributed by atoms with Crippen molar-refractivity contribution in [3.8, 4) is 0 Å². The minimum absolute atomic E-state index is 0.0511. The third-order valence-electron chi connectivity index (χ3n) is 3.95. The van der Waals surface area contributed by atoms with Gasteiger partial charge in [0.15, 0.2) is 0 Å². The maximum Gasteiger partial charge on any atom is 0.234 e. The molecule has 1 fully saturated rings. The summed E-state index contributed by atoms with van der Waals surface area (Å²) in [5.74, 6) is 0.0912. The molecule has 1 atom stereocenters. The lowest BCUT2D eigenvalue weighted by Gasteiger charge is -2.29. The topological polar surface area (TPSA) is 58.4 Å². The molecule has 0 radical (unpaired) electrons. The van der Waals surface area contributed by atoms with E-state index in [2.05, 4.69) is 41.4 Å². The first-order valence-corrected chi connectivity index (χ1v) is 7.38. The van der Waals surface area contributed by atoms with Crippen LogP contribution in [-0.2, 0) is 4.79 Å². The Balaban J connectivity index is 1.80. The van der Waals surface area contributed by atoms with E-state index in [-0.39, 0.29) is 11.9 Å². The maximum atomic E-state index is 12.1. The summed E-state index contributed by atoms with van der Waals surface area (Å²) in [4.78, 5) is 14.2. The van der Waals surface area contributed by atoms with Crippen LogP contribution in [0.25, 0.3) is 0 Å². The lowest BCUT2D eigenvalue weighted by atomic mass is 10.1. The summed E-state index contributed by atoms with van der Waals surface area (Å²) in [6, 6.07) is 8.64. The van der Waals surface area contributed by atoms with Gasteiger partial charge < -0.3 is 11.1 Å². The van der Waals surface area contributed by atoms with Crippen LogP contribution < -0.4 is 11.1 Å². The Labute approximate surface area is 121 Å². The summed E-state index contributed by atoms with van der Waals surface area (Å²) in [6.07, 6.45) is 1.97. The van der Waals surface area contributed by atoms with Crippen LogP contribution in [0.4, 0.5) is 0 Å². The first-order valence-electron chi connectivity index (χ1n) is 7.38. The van der Waals surface area contributed by atoms with Crippen molar-refractivity contribution in [2.75, 3.05) is 19.6 Å². The highest BCUT2D eigenvalue weighted by molar-refractivity contribution is 5.78. The van der Waals surface area contributed by atoms with Crippen LogP contribution in [0.2, 0.25) is 0 Å². The molecule has 4 nitrogen and oxygen atoms in total. The van der Waals surface area contributed by atoms with Gasteiger partial charge in [0.05, 0.1) is 12.6 Å². The Kier molecular flexibility index (Phi) is 5.15. The van der Waals surface area contributed by atoms with Crippen LogP contribution in [-0.4, -0.2) is 36.5 Å². The minimum atomic E-state index is 0.0511. The van der Waals surface area contributed by atoms with Crippen molar-refractivity contribution < 1.29 is 4.79 Å². The number of hydrogen-bond donors (Lipinski definition) is 2. The van der Waals surface area contributed by atoms with E-state index in [0.29, 0.717) is 12.6 Å². The number of amides is 1. The van der Waals surface area contributed by atoms with Crippen LogP contribution in [0.5, 0.6) is 0 Å². The van der Waals surface area contributed by atoms with Crippen LogP contribution in [0.1, 0.15) is 36.9 Å². The van der Waals surface area contributed by atoms with Crippen LogP contribution in [0, 0.1) is 6.92 Å². The van der Waals surface area contributed by atoms with Crippen molar-refractivity contribution in [3.05, 3.63) is 35.4 Å². The highest BCUT2D eigenvalue weighted by Gasteiger charge is 2.19. The molecule has 110 valence electrons. The van der Waals surface area contributed by atoms with Gasteiger partial charge in [0.1, 0.15) is 0 Å². The molecule has 1 amide bonds. The largest absolute Gasteiger partial charge is 0.348 e. The van der Waals surface area contributed by atoms with E-state index in [9.17, 15) is 4.79 Å². The van der Waals surface area contributed by atoms with Gasteiger partial charge in [0.2, 0.25) is 5.91 Å². The van der Waals surface area contributed by atoms with E-state index in [1.165, 1.54) is 5.56 Å². The van der Waals surface area contributed by atoms with Gasteiger partial charge in [-0.05, 0) is 32.3 Å². The van der Waals surface area contributed by atoms with Gasteiger partial charge in [0, 0.05) is 19.1 Å². The van der Waals surface area contributed by atoms with Crippen molar-refractivity contribution in [2.45, 2.75) is 38.8 Å². The number of nitrogens with two attached hydrogens (primary N) is 1. The fraction of sp³-hybridized carbons (Fsp3) is 0.562. The fourth-order valence-electron chi connectivity index (χ4n) is 2.54. The van der Waals surface area contributed by atoms with Crippen molar-refractivity contribution >= 4 is 5.91 Å². The van der Waals surface area contributed by atoms with Gasteiger partial charge >= 0.3 is 0 Å². The van der Waals surface area contributed by atoms with E-state index in [1.54, 1.807) is 0 Å². The molecule has 1 unspecified atom stereocenters. The predicted octanol–water partition coefficient (Wildman–Crippen LogP) is 1.60. The number of benzene rings is 1. The van der Waals surface area contributed by atoms with Crippen LogP contribution in [0.15, 0.2) is 24.3 Å². The number of piperidine rings is 1. The van der Waals surface area contributed by atoms with Gasteiger partial charge in [0.25, 0.3) is 0 Å². The van der Waals surface area contributed by atoms with Gasteiger partial charge in [-0.25, -0.2) is 0 Å². The number of rotatable bonds is 4. The van der Waals surface area contributed by atoms with E-state index in [1.807, 2.05) is 6.92 Å². The third-order valence-corrected chi connectivity index (χ3v) is 3.95. The van der Waals surface area contributed by atoms with Gasteiger partial charge in [-0.3, -0.25) is 9.69 Å². The summed E-state index contributed by atoms with van der Waals surface area (Å²) in [7, 11) is 0. The highest BCUT2D eigenvalue weighted by atomic mass is 16.2. The Morgan fingerprint density at radius 3 is 2.55 bits per heavy atom. The zero-order chi connectivity index (χ0) is 14.5. The molecule has 1 aliphatic rings. The molecule has 1 heterocycles. The molecule has 0 bridgehead atoms. The molecule has 0 aromatic heterocycles. The Bertz CT molecular complexity index is 436. The maximum absolute atomic E-state index is 12.1. The molecule has 1 aliphatic heterocycles. The zero-order valence-corrected chi connectivity index (χ0v) is 12.4. The molecule has 0 aliphatic carbocycles. The van der Waals surface area contributed by atoms with E-state index in [0.717, 1.165) is 31.5 Å². The smallest absolute Gasteiger partial charge is 0.234 e. The number of carbonyl (C=O) groups excluding carboxylic acids is 1. The van der Waals surface area contributed by atoms with Crippen LogP contribution >= 0.6 is 0 Å². The summed E-state index contributed by atoms with van der Waals surface area (Å²) in [6.45, 7) is 6.41. The normalized spacial score (nSPS) is 18.8. The molecular formula is C16H25N3O. The number of hydrogen-bond acceptors (Lipinski definition) is 3. The first kappa shape index (κ1) is 15.0. The third kappa shape index (κ3) is 4.32. The fourth-order valence-corrected chi connectivity index (χ4v) is 2.54. The lowest BCUT2D eigenvalue weighted by molar-refractivity contribution is -0.123. The molecule has 0 spiro atoms. The van der Waals surface area contributed by atoms with Gasteiger partial charge in [-0.2, -0.15) is 0 Å². The zero-order valence-electron chi connectivity index (χ0n) is 12.4. The highest BCUT2D eigenvalue weighted by Crippen LogP contribution is 2.13. The quantitative estimate of drug-likeness (QED) is 0.877. The van der Waals surface area contributed by atoms with E-state index < -0.39 is 0 Å². The lowest BCUT2D eigenvalue weighted by Crippen LogP contribution is -2.44. The molecule has 1 aromatic carbocycles. The molecule has 1 aromatic rings. The minimum Gasteiger partial charge on any atom is -0.348 e. The van der Waals surface area contributed by atoms with E-state index in [4.69, 9.17) is 5.73 Å². The molecule has 4 heteroatoms. The molecule has 0 saturated carbocycles. The number of likely N-dealkylation sites (tertiary alicyclic amines) is 1. The summed E-state index contributed by atoms with van der Waals surface area (Å²) >= 11 is 0. The Hall–Kier alpha value is -1.39. The second kappa shape index (κ2) is 6.86. The van der Waals surface area contributed by atoms with Crippen LogP contribution in [0.3, 0.4) is 0 Å². The second-order valence-electron chi connectivity index (χ2n) is 5.81. The molecule has 3 N–H and O–H groups in total. The summed E-state index contributed by atoms with van der Waals surface area (Å²) in [5, 5.41) is 3.06. The van der Waals surface area contributed by atoms with Crippen molar-refractivity contribution in [2.24, 2.45) is 5.73 Å². The standard InChI is InChI=1S/C16H25N3O/c1-12-3-5-14(6-4-12)13(2)18-16(20)11-19-9-7-15(17)8-10-19/h3-6,13,15H,7-11,17H2,1-2H3,(H,18,20). The number of nitrogens with one attached hydrogen (secondary N) is 1. The SMILES string of the molecule is Cc1ccc(C(C)NC(=O)CN2CCC(N)CC2)cc1. The number of carbonyl (C=O) groups is 1. The average Bonchev–Trinajstić information content (AvgIpc) is 2.42.